The zero-order valence-corrected chi connectivity index (χ0v) is 12.6. The maximum atomic E-state index is 13.0. The minimum Gasteiger partial charge on any atom is -0.334 e. The van der Waals surface area contributed by atoms with Crippen LogP contribution in [0.5, 0.6) is 0 Å². The van der Waals surface area contributed by atoms with Crippen LogP contribution in [0.4, 0.5) is 4.39 Å². The summed E-state index contributed by atoms with van der Waals surface area (Å²) in [6, 6.07) is 6.53. The Morgan fingerprint density at radius 3 is 2.59 bits per heavy atom. The average Bonchev–Trinajstić information content (AvgIpc) is 3.33. The van der Waals surface area contributed by atoms with Gasteiger partial charge in [-0.15, -0.1) is 0 Å². The minimum atomic E-state index is -0.271. The fourth-order valence-corrected chi connectivity index (χ4v) is 2.88. The van der Waals surface area contributed by atoms with Crippen LogP contribution in [-0.2, 0) is 16.1 Å². The lowest BCUT2D eigenvalue weighted by molar-refractivity contribution is -0.142. The second-order valence-electron chi connectivity index (χ2n) is 6.15. The van der Waals surface area contributed by atoms with Gasteiger partial charge in [-0.1, -0.05) is 12.1 Å². The lowest BCUT2D eigenvalue weighted by Crippen LogP contribution is -2.45. The number of carbonyl (C=O) groups is 2. The summed E-state index contributed by atoms with van der Waals surface area (Å²) >= 11 is 0. The molecule has 0 bridgehead atoms. The number of benzene rings is 1. The number of carbonyl (C=O) groups excluding carboxylic acids is 2. The van der Waals surface area contributed by atoms with E-state index >= 15 is 0 Å². The molecule has 2 aliphatic rings. The first kappa shape index (κ1) is 15.0. The van der Waals surface area contributed by atoms with E-state index in [-0.39, 0.29) is 30.2 Å². The van der Waals surface area contributed by atoms with E-state index in [1.165, 1.54) is 12.1 Å². The van der Waals surface area contributed by atoms with Crippen LogP contribution in [0.3, 0.4) is 0 Å². The summed E-state index contributed by atoms with van der Waals surface area (Å²) in [5, 5.41) is 0. The summed E-state index contributed by atoms with van der Waals surface area (Å²) in [6.07, 6.45) is 4.47. The van der Waals surface area contributed by atoms with Gasteiger partial charge in [-0.05, 0) is 43.4 Å². The van der Waals surface area contributed by atoms with Crippen molar-refractivity contribution in [1.82, 2.24) is 9.80 Å². The van der Waals surface area contributed by atoms with Gasteiger partial charge in [0.2, 0.25) is 11.8 Å². The number of nitrogens with zero attached hydrogens (tertiary/aromatic N) is 2. The molecular formula is C17H21FN2O2. The highest BCUT2D eigenvalue weighted by molar-refractivity contribution is 5.85. The van der Waals surface area contributed by atoms with Crippen LogP contribution in [-0.4, -0.2) is 40.7 Å². The average molecular weight is 304 g/mol. The van der Waals surface area contributed by atoms with Gasteiger partial charge in [-0.3, -0.25) is 9.59 Å². The number of rotatable bonds is 5. The second kappa shape index (κ2) is 6.46. The van der Waals surface area contributed by atoms with Crippen molar-refractivity contribution in [2.75, 3.05) is 13.1 Å². The van der Waals surface area contributed by atoms with Crippen molar-refractivity contribution in [3.8, 4) is 0 Å². The smallest absolute Gasteiger partial charge is 0.242 e. The molecule has 1 aliphatic carbocycles. The van der Waals surface area contributed by atoms with Crippen LogP contribution >= 0.6 is 0 Å². The summed E-state index contributed by atoms with van der Waals surface area (Å²) in [4.78, 5) is 27.9. The van der Waals surface area contributed by atoms with E-state index in [2.05, 4.69) is 0 Å². The molecule has 118 valence electrons. The Hall–Kier alpha value is -1.91. The highest BCUT2D eigenvalue weighted by atomic mass is 19.1. The quantitative estimate of drug-likeness (QED) is 0.837. The third-order valence-corrected chi connectivity index (χ3v) is 4.32. The Labute approximate surface area is 129 Å². The molecule has 0 unspecified atom stereocenters. The van der Waals surface area contributed by atoms with Crippen LogP contribution in [0, 0.1) is 5.82 Å². The number of likely N-dealkylation sites (tertiary alicyclic amines) is 1. The summed E-state index contributed by atoms with van der Waals surface area (Å²) in [5.74, 6) is -0.189. The highest BCUT2D eigenvalue weighted by Gasteiger charge is 2.34. The van der Waals surface area contributed by atoms with Crippen molar-refractivity contribution in [2.45, 2.75) is 44.7 Å². The van der Waals surface area contributed by atoms with Crippen molar-refractivity contribution < 1.29 is 14.0 Å². The molecule has 2 fully saturated rings. The van der Waals surface area contributed by atoms with E-state index in [9.17, 15) is 14.0 Å². The van der Waals surface area contributed by atoms with E-state index in [0.29, 0.717) is 19.5 Å². The molecule has 1 heterocycles. The molecule has 0 N–H and O–H groups in total. The van der Waals surface area contributed by atoms with Gasteiger partial charge in [0.05, 0.1) is 6.54 Å². The lowest BCUT2D eigenvalue weighted by Gasteiger charge is -2.30. The van der Waals surface area contributed by atoms with Crippen LogP contribution < -0.4 is 0 Å². The van der Waals surface area contributed by atoms with E-state index < -0.39 is 0 Å². The molecule has 22 heavy (non-hydrogen) atoms. The molecule has 4 nitrogen and oxygen atoms in total. The third kappa shape index (κ3) is 3.64. The number of amides is 2. The number of hydrogen-bond acceptors (Lipinski definition) is 2. The molecule has 1 aromatic rings. The highest BCUT2D eigenvalue weighted by Crippen LogP contribution is 2.29. The zero-order valence-electron chi connectivity index (χ0n) is 12.6. The summed E-state index contributed by atoms with van der Waals surface area (Å²) < 4.78 is 13.0. The molecule has 1 aromatic carbocycles. The van der Waals surface area contributed by atoms with E-state index in [1.807, 2.05) is 4.90 Å². The fourth-order valence-electron chi connectivity index (χ4n) is 2.88. The Bertz CT molecular complexity index is 554. The SMILES string of the molecule is O=C1CCCCN1CC(=O)N(Cc1ccc(F)cc1)C1CC1. The first-order valence-corrected chi connectivity index (χ1v) is 7.95. The Morgan fingerprint density at radius 1 is 1.23 bits per heavy atom. The summed E-state index contributed by atoms with van der Waals surface area (Å²) in [7, 11) is 0. The fraction of sp³-hybridized carbons (Fsp3) is 0.529. The topological polar surface area (TPSA) is 40.6 Å². The predicted octanol–water partition coefficient (Wildman–Crippen LogP) is 2.33. The number of halogens is 1. The monoisotopic (exact) mass is 304 g/mol. The van der Waals surface area contributed by atoms with Gasteiger partial charge in [-0.2, -0.15) is 0 Å². The maximum absolute atomic E-state index is 13.0. The Kier molecular flexibility index (Phi) is 4.41. The molecule has 0 spiro atoms. The number of hydrogen-bond donors (Lipinski definition) is 0. The Morgan fingerprint density at radius 2 is 1.95 bits per heavy atom. The van der Waals surface area contributed by atoms with Gasteiger partial charge in [0.15, 0.2) is 0 Å². The van der Waals surface area contributed by atoms with Gasteiger partial charge in [0.25, 0.3) is 0 Å². The summed E-state index contributed by atoms with van der Waals surface area (Å²) in [6.45, 7) is 1.35. The molecule has 3 rings (SSSR count). The van der Waals surface area contributed by atoms with Crippen LogP contribution in [0.2, 0.25) is 0 Å². The number of piperidine rings is 1. The second-order valence-corrected chi connectivity index (χ2v) is 6.15. The summed E-state index contributed by atoms with van der Waals surface area (Å²) in [5.41, 5.74) is 0.923. The maximum Gasteiger partial charge on any atom is 0.242 e. The van der Waals surface area contributed by atoms with Gasteiger partial charge in [0.1, 0.15) is 5.82 Å². The van der Waals surface area contributed by atoms with Crippen LogP contribution in [0.25, 0.3) is 0 Å². The first-order chi connectivity index (χ1) is 10.6. The molecule has 5 heteroatoms. The molecule has 0 radical (unpaired) electrons. The van der Waals surface area contributed by atoms with Gasteiger partial charge in [-0.25, -0.2) is 4.39 Å². The molecule has 1 saturated heterocycles. The van der Waals surface area contributed by atoms with Gasteiger partial charge >= 0.3 is 0 Å². The van der Waals surface area contributed by atoms with Crippen LogP contribution in [0.15, 0.2) is 24.3 Å². The van der Waals surface area contributed by atoms with E-state index in [0.717, 1.165) is 31.2 Å². The molecule has 1 saturated carbocycles. The van der Waals surface area contributed by atoms with Crippen molar-refractivity contribution in [3.63, 3.8) is 0 Å². The largest absolute Gasteiger partial charge is 0.334 e. The zero-order chi connectivity index (χ0) is 15.5. The van der Waals surface area contributed by atoms with Crippen molar-refractivity contribution in [1.29, 1.82) is 0 Å². The van der Waals surface area contributed by atoms with E-state index in [1.54, 1.807) is 17.0 Å². The van der Waals surface area contributed by atoms with Gasteiger partial charge < -0.3 is 9.80 Å². The van der Waals surface area contributed by atoms with Crippen molar-refractivity contribution >= 4 is 11.8 Å². The third-order valence-electron chi connectivity index (χ3n) is 4.32. The van der Waals surface area contributed by atoms with Crippen LogP contribution in [0.1, 0.15) is 37.7 Å². The lowest BCUT2D eigenvalue weighted by atomic mass is 10.1. The molecular weight excluding hydrogens is 283 g/mol. The van der Waals surface area contributed by atoms with E-state index in [4.69, 9.17) is 0 Å². The standard InChI is InChI=1S/C17H21FN2O2/c18-14-6-4-13(5-7-14)11-20(15-8-9-15)17(22)12-19-10-2-1-3-16(19)21/h4-7,15H,1-3,8-12H2. The molecule has 0 atom stereocenters. The minimum absolute atomic E-state index is 0.00192. The van der Waals surface area contributed by atoms with Gasteiger partial charge in [0, 0.05) is 25.6 Å². The van der Waals surface area contributed by atoms with Crippen molar-refractivity contribution in [3.05, 3.63) is 35.6 Å². The first-order valence-electron chi connectivity index (χ1n) is 7.95. The molecule has 2 amide bonds. The Balaban J connectivity index is 1.64. The predicted molar refractivity (Wildman–Crippen MR) is 80.4 cm³/mol. The normalized spacial score (nSPS) is 18.4. The van der Waals surface area contributed by atoms with Crippen molar-refractivity contribution in [2.24, 2.45) is 0 Å². The molecule has 1 aliphatic heterocycles. The molecule has 0 aromatic heterocycles.